The highest BCUT2D eigenvalue weighted by molar-refractivity contribution is 7.98. The molecule has 0 radical (unpaired) electrons. The van der Waals surface area contributed by atoms with Crippen LogP contribution in [0.25, 0.3) is 0 Å². The fourth-order valence-corrected chi connectivity index (χ4v) is 1.93. The van der Waals surface area contributed by atoms with E-state index in [1.165, 1.54) is 11.8 Å². The van der Waals surface area contributed by atoms with Gasteiger partial charge in [-0.2, -0.15) is 17.0 Å². The van der Waals surface area contributed by atoms with Gasteiger partial charge in [-0.15, -0.1) is 0 Å². The quantitative estimate of drug-likeness (QED) is 0.777. The average molecular weight is 237 g/mol. The van der Waals surface area contributed by atoms with Crippen LogP contribution in [0.3, 0.4) is 0 Å². The van der Waals surface area contributed by atoms with Crippen LogP contribution in [0.15, 0.2) is 18.3 Å². The summed E-state index contributed by atoms with van der Waals surface area (Å²) in [5.74, 6) is -0.0301. The fourth-order valence-electron chi connectivity index (χ4n) is 1.00. The number of nitriles is 1. The second-order valence-corrected chi connectivity index (χ2v) is 4.15. The number of aliphatic carboxylic acids is 1. The number of pyridine rings is 1. The van der Waals surface area contributed by atoms with E-state index in [9.17, 15) is 4.79 Å². The van der Waals surface area contributed by atoms with Crippen LogP contribution in [0.1, 0.15) is 11.3 Å². The Morgan fingerprint density at radius 3 is 3.12 bits per heavy atom. The smallest absolute Gasteiger partial charge is 0.321 e. The summed E-state index contributed by atoms with van der Waals surface area (Å²) in [7, 11) is 0. The number of rotatable bonds is 5. The molecule has 5 nitrogen and oxygen atoms in total. The van der Waals surface area contributed by atoms with E-state index in [1.807, 2.05) is 6.07 Å². The fraction of sp³-hybridized carbons (Fsp3) is 0.300. The van der Waals surface area contributed by atoms with Crippen molar-refractivity contribution in [3.05, 3.63) is 29.6 Å². The van der Waals surface area contributed by atoms with Gasteiger partial charge in [0.1, 0.15) is 17.8 Å². The minimum absolute atomic E-state index is 0.347. The molecule has 1 unspecified atom stereocenters. The monoisotopic (exact) mass is 237 g/mol. The van der Waals surface area contributed by atoms with Crippen LogP contribution in [0.4, 0.5) is 0 Å². The van der Waals surface area contributed by atoms with Crippen LogP contribution in [-0.2, 0) is 10.5 Å². The molecule has 0 amide bonds. The van der Waals surface area contributed by atoms with Crippen molar-refractivity contribution in [2.75, 3.05) is 5.75 Å². The molecule has 1 rings (SSSR count). The minimum Gasteiger partial charge on any atom is -0.480 e. The number of hydrogen-bond acceptors (Lipinski definition) is 5. The minimum atomic E-state index is -1.00. The maximum atomic E-state index is 10.5. The number of hydrogen-bond donors (Lipinski definition) is 2. The molecule has 3 N–H and O–H groups in total. The summed E-state index contributed by atoms with van der Waals surface area (Å²) in [6.07, 6.45) is 1.56. The molecule has 84 valence electrons. The van der Waals surface area contributed by atoms with Gasteiger partial charge in [0.2, 0.25) is 0 Å². The zero-order chi connectivity index (χ0) is 12.0. The average Bonchev–Trinajstić information content (AvgIpc) is 2.29. The van der Waals surface area contributed by atoms with Crippen molar-refractivity contribution in [1.29, 1.82) is 5.26 Å². The number of carboxylic acid groups (broad SMARTS) is 1. The molecule has 0 saturated carbocycles. The first-order valence-corrected chi connectivity index (χ1v) is 5.70. The molecule has 16 heavy (non-hydrogen) atoms. The molecule has 0 aromatic carbocycles. The van der Waals surface area contributed by atoms with Crippen LogP contribution in [-0.4, -0.2) is 27.9 Å². The highest BCUT2D eigenvalue weighted by Crippen LogP contribution is 2.12. The summed E-state index contributed by atoms with van der Waals surface area (Å²) in [5.41, 5.74) is 6.65. The highest BCUT2D eigenvalue weighted by atomic mass is 32.2. The summed E-state index contributed by atoms with van der Waals surface area (Å²) < 4.78 is 0. The first-order chi connectivity index (χ1) is 7.63. The first-order valence-electron chi connectivity index (χ1n) is 4.54. The second kappa shape index (κ2) is 6.10. The molecular formula is C10H11N3O2S. The van der Waals surface area contributed by atoms with E-state index < -0.39 is 12.0 Å². The van der Waals surface area contributed by atoms with E-state index in [0.717, 1.165) is 5.56 Å². The van der Waals surface area contributed by atoms with Gasteiger partial charge in [-0.1, -0.05) is 0 Å². The van der Waals surface area contributed by atoms with Gasteiger partial charge in [0.25, 0.3) is 0 Å². The standard InChI is InChI=1S/C10H11N3O2S/c11-4-8-3-7(1-2-13-8)5-16-6-9(12)10(14)15/h1-3,9H,5-6,12H2,(H,14,15). The number of nitrogens with two attached hydrogens (primary N) is 1. The van der Waals surface area contributed by atoms with E-state index in [2.05, 4.69) is 4.98 Å². The molecule has 1 aromatic rings. The number of thioether (sulfide) groups is 1. The molecule has 1 heterocycles. The highest BCUT2D eigenvalue weighted by Gasteiger charge is 2.10. The molecule has 0 aliphatic heterocycles. The van der Waals surface area contributed by atoms with Gasteiger partial charge in [-0.25, -0.2) is 4.98 Å². The Labute approximate surface area is 97.3 Å². The lowest BCUT2D eigenvalue weighted by Crippen LogP contribution is -2.32. The Kier molecular flexibility index (Phi) is 4.76. The van der Waals surface area contributed by atoms with Crippen LogP contribution >= 0.6 is 11.8 Å². The van der Waals surface area contributed by atoms with Gasteiger partial charge >= 0.3 is 5.97 Å². The Bertz CT molecular complexity index is 417. The predicted molar refractivity (Wildman–Crippen MR) is 60.7 cm³/mol. The van der Waals surface area contributed by atoms with Crippen molar-refractivity contribution in [2.24, 2.45) is 5.73 Å². The Hall–Kier alpha value is -1.58. The lowest BCUT2D eigenvalue weighted by molar-refractivity contribution is -0.137. The van der Waals surface area contributed by atoms with Gasteiger partial charge in [0.15, 0.2) is 0 Å². The van der Waals surface area contributed by atoms with E-state index in [0.29, 0.717) is 17.2 Å². The Morgan fingerprint density at radius 2 is 2.50 bits per heavy atom. The first kappa shape index (κ1) is 12.5. The SMILES string of the molecule is N#Cc1cc(CSCC(N)C(=O)O)ccn1. The molecule has 0 bridgehead atoms. The number of aromatic nitrogens is 1. The molecular weight excluding hydrogens is 226 g/mol. The van der Waals surface area contributed by atoms with Gasteiger partial charge < -0.3 is 10.8 Å². The van der Waals surface area contributed by atoms with Crippen LogP contribution in [0.5, 0.6) is 0 Å². The van der Waals surface area contributed by atoms with Crippen LogP contribution in [0.2, 0.25) is 0 Å². The molecule has 0 aliphatic rings. The van der Waals surface area contributed by atoms with E-state index >= 15 is 0 Å². The van der Waals surface area contributed by atoms with Crippen LogP contribution < -0.4 is 5.73 Å². The van der Waals surface area contributed by atoms with E-state index in [1.54, 1.807) is 18.3 Å². The summed E-state index contributed by atoms with van der Waals surface area (Å²) in [6.45, 7) is 0. The zero-order valence-electron chi connectivity index (χ0n) is 8.46. The summed E-state index contributed by atoms with van der Waals surface area (Å²) >= 11 is 1.42. The molecule has 6 heteroatoms. The van der Waals surface area contributed by atoms with E-state index in [4.69, 9.17) is 16.1 Å². The number of carboxylic acids is 1. The second-order valence-electron chi connectivity index (χ2n) is 3.12. The molecule has 0 saturated heterocycles. The lowest BCUT2D eigenvalue weighted by Gasteiger charge is -2.05. The molecule has 1 aromatic heterocycles. The molecule has 0 fully saturated rings. The third-order valence-electron chi connectivity index (χ3n) is 1.82. The van der Waals surface area contributed by atoms with Gasteiger partial charge in [0.05, 0.1) is 0 Å². The van der Waals surface area contributed by atoms with Gasteiger partial charge in [0, 0.05) is 17.7 Å². The normalized spacial score (nSPS) is 11.8. The van der Waals surface area contributed by atoms with Crippen molar-refractivity contribution in [1.82, 2.24) is 4.98 Å². The van der Waals surface area contributed by atoms with Crippen molar-refractivity contribution in [2.45, 2.75) is 11.8 Å². The molecule has 1 atom stereocenters. The topological polar surface area (TPSA) is 100 Å². The lowest BCUT2D eigenvalue weighted by atomic mass is 10.2. The van der Waals surface area contributed by atoms with Crippen molar-refractivity contribution in [3.63, 3.8) is 0 Å². The zero-order valence-corrected chi connectivity index (χ0v) is 9.28. The van der Waals surface area contributed by atoms with Crippen molar-refractivity contribution < 1.29 is 9.90 Å². The van der Waals surface area contributed by atoms with E-state index in [-0.39, 0.29) is 0 Å². The van der Waals surface area contributed by atoms with Crippen molar-refractivity contribution in [3.8, 4) is 6.07 Å². The third kappa shape index (κ3) is 3.88. The number of carbonyl (C=O) groups is 1. The summed E-state index contributed by atoms with van der Waals surface area (Å²) in [6, 6.07) is 4.57. The predicted octanol–water partition coefficient (Wildman–Crippen LogP) is 0.598. The van der Waals surface area contributed by atoms with Crippen LogP contribution in [0, 0.1) is 11.3 Å². The molecule has 0 aliphatic carbocycles. The van der Waals surface area contributed by atoms with Gasteiger partial charge in [-0.05, 0) is 17.7 Å². The number of nitrogens with zero attached hydrogens (tertiary/aromatic N) is 2. The third-order valence-corrected chi connectivity index (χ3v) is 2.95. The summed E-state index contributed by atoms with van der Waals surface area (Å²) in [4.78, 5) is 14.3. The van der Waals surface area contributed by atoms with Gasteiger partial charge in [-0.3, -0.25) is 4.79 Å². The maximum Gasteiger partial charge on any atom is 0.321 e. The Morgan fingerprint density at radius 1 is 1.75 bits per heavy atom. The largest absolute Gasteiger partial charge is 0.480 e. The maximum absolute atomic E-state index is 10.5. The van der Waals surface area contributed by atoms with Crippen molar-refractivity contribution >= 4 is 17.7 Å². The summed E-state index contributed by atoms with van der Waals surface area (Å²) in [5, 5.41) is 17.2. The molecule has 0 spiro atoms. The Balaban J connectivity index is 2.43.